The number of likely N-dealkylation sites (tertiary alicyclic amines) is 1. The summed E-state index contributed by atoms with van der Waals surface area (Å²) in [5.74, 6) is 2.46. The van der Waals surface area contributed by atoms with Crippen LogP contribution in [0.1, 0.15) is 57.6 Å². The van der Waals surface area contributed by atoms with Crippen LogP contribution < -0.4 is 0 Å². The second-order valence-corrected chi connectivity index (χ2v) is 9.41. The molecule has 2 aliphatic rings. The van der Waals surface area contributed by atoms with Crippen LogP contribution in [0.3, 0.4) is 0 Å². The summed E-state index contributed by atoms with van der Waals surface area (Å²) >= 11 is 0. The normalized spacial score (nSPS) is 20.3. The average Bonchev–Trinajstić information content (AvgIpc) is 2.70. The number of nitrogens with zero attached hydrogens (tertiary/aromatic N) is 3. The molecule has 0 atom stereocenters. The molecule has 0 unspecified atom stereocenters. The van der Waals surface area contributed by atoms with Gasteiger partial charge in [-0.25, -0.2) is 0 Å². The average molecular weight is 386 g/mol. The molecule has 0 bridgehead atoms. The summed E-state index contributed by atoms with van der Waals surface area (Å²) in [6.45, 7) is 16.7. The highest BCUT2D eigenvalue weighted by Crippen LogP contribution is 2.24. The number of carbonyl (C=O) groups is 1. The smallest absolute Gasteiger partial charge is 0.236 e. The van der Waals surface area contributed by atoms with Gasteiger partial charge in [0.25, 0.3) is 0 Å². The lowest BCUT2D eigenvalue weighted by molar-refractivity contribution is -0.134. The minimum Gasteiger partial charge on any atom is -0.342 e. The number of rotatable bonds is 6. The minimum absolute atomic E-state index is 0.333. The van der Waals surface area contributed by atoms with Gasteiger partial charge in [-0.3, -0.25) is 14.6 Å². The van der Waals surface area contributed by atoms with Gasteiger partial charge in [0.2, 0.25) is 5.91 Å². The van der Waals surface area contributed by atoms with Gasteiger partial charge >= 0.3 is 0 Å². The Morgan fingerprint density at radius 3 is 2.00 bits per heavy atom. The first-order valence-electron chi connectivity index (χ1n) is 11.2. The van der Waals surface area contributed by atoms with E-state index in [-0.39, 0.29) is 0 Å². The standard InChI is InChI=1S/C24H39N3O/c1-19(2)22-7-5-21(6-8-22)17-25-13-15-26(16-14-25)18-24(28)27-11-9-23(10-12-27)20(3)4/h5-8,19-20,23H,9-18H2,1-4H3. The van der Waals surface area contributed by atoms with Crippen LogP contribution >= 0.6 is 0 Å². The van der Waals surface area contributed by atoms with E-state index < -0.39 is 0 Å². The molecule has 0 N–H and O–H groups in total. The number of benzene rings is 1. The number of piperazine rings is 1. The SMILES string of the molecule is CC(C)c1ccc(CN2CCN(CC(=O)N3CCC(C(C)C)CC3)CC2)cc1. The highest BCUT2D eigenvalue weighted by atomic mass is 16.2. The van der Waals surface area contributed by atoms with Crippen LogP contribution in [0.2, 0.25) is 0 Å². The van der Waals surface area contributed by atoms with Crippen molar-refractivity contribution in [1.29, 1.82) is 0 Å². The van der Waals surface area contributed by atoms with Gasteiger partial charge in [0.15, 0.2) is 0 Å². The molecule has 4 heteroatoms. The van der Waals surface area contributed by atoms with E-state index in [1.165, 1.54) is 24.0 Å². The molecule has 2 fully saturated rings. The molecule has 0 aromatic heterocycles. The number of piperidine rings is 1. The lowest BCUT2D eigenvalue weighted by Crippen LogP contribution is -2.50. The molecule has 1 aromatic carbocycles. The van der Waals surface area contributed by atoms with Gasteiger partial charge in [0.1, 0.15) is 0 Å². The lowest BCUT2D eigenvalue weighted by Gasteiger charge is -2.37. The molecule has 28 heavy (non-hydrogen) atoms. The van der Waals surface area contributed by atoms with Gasteiger partial charge in [-0.05, 0) is 41.7 Å². The molecule has 1 aromatic rings. The van der Waals surface area contributed by atoms with Crippen LogP contribution in [-0.2, 0) is 11.3 Å². The fourth-order valence-corrected chi connectivity index (χ4v) is 4.48. The third kappa shape index (κ3) is 5.81. The molecule has 0 saturated carbocycles. The number of carbonyl (C=O) groups excluding carboxylic acids is 1. The van der Waals surface area contributed by atoms with E-state index in [0.717, 1.165) is 57.6 Å². The first-order valence-corrected chi connectivity index (χ1v) is 11.2. The van der Waals surface area contributed by atoms with Gasteiger partial charge in [-0.2, -0.15) is 0 Å². The molecule has 0 aliphatic carbocycles. The Morgan fingerprint density at radius 1 is 0.893 bits per heavy atom. The van der Waals surface area contributed by atoms with Gasteiger partial charge < -0.3 is 4.90 Å². The van der Waals surface area contributed by atoms with Crippen molar-refractivity contribution in [3.8, 4) is 0 Å². The molecule has 3 rings (SSSR count). The first kappa shape index (κ1) is 21.3. The highest BCUT2D eigenvalue weighted by molar-refractivity contribution is 5.78. The Labute approximate surface area is 171 Å². The largest absolute Gasteiger partial charge is 0.342 e. The van der Waals surface area contributed by atoms with Crippen molar-refractivity contribution in [3.63, 3.8) is 0 Å². The molecule has 2 aliphatic heterocycles. The molecule has 1 amide bonds. The predicted octanol–water partition coefficient (Wildman–Crippen LogP) is 3.82. The Bertz CT molecular complexity index is 609. The number of hydrogen-bond donors (Lipinski definition) is 0. The van der Waals surface area contributed by atoms with E-state index in [1.54, 1.807) is 0 Å². The van der Waals surface area contributed by atoms with Crippen molar-refractivity contribution in [3.05, 3.63) is 35.4 Å². The molecule has 2 heterocycles. The fourth-order valence-electron chi connectivity index (χ4n) is 4.48. The van der Waals surface area contributed by atoms with Crippen LogP contribution in [0.5, 0.6) is 0 Å². The molecular formula is C24H39N3O. The van der Waals surface area contributed by atoms with Crippen molar-refractivity contribution in [2.24, 2.45) is 11.8 Å². The second kappa shape index (κ2) is 9.89. The molecule has 2 saturated heterocycles. The van der Waals surface area contributed by atoms with Crippen LogP contribution in [0.15, 0.2) is 24.3 Å². The molecule has 0 radical (unpaired) electrons. The van der Waals surface area contributed by atoms with E-state index in [2.05, 4.69) is 66.7 Å². The fraction of sp³-hybridized carbons (Fsp3) is 0.708. The second-order valence-electron chi connectivity index (χ2n) is 9.41. The zero-order chi connectivity index (χ0) is 20.1. The van der Waals surface area contributed by atoms with Crippen molar-refractivity contribution in [1.82, 2.24) is 14.7 Å². The number of amides is 1. The van der Waals surface area contributed by atoms with Crippen LogP contribution in [0, 0.1) is 11.8 Å². The minimum atomic E-state index is 0.333. The van der Waals surface area contributed by atoms with Crippen LogP contribution in [0.25, 0.3) is 0 Å². The summed E-state index contributed by atoms with van der Waals surface area (Å²) in [5.41, 5.74) is 2.80. The van der Waals surface area contributed by atoms with E-state index in [4.69, 9.17) is 0 Å². The summed E-state index contributed by atoms with van der Waals surface area (Å²) < 4.78 is 0. The van der Waals surface area contributed by atoms with Crippen molar-refractivity contribution >= 4 is 5.91 Å². The van der Waals surface area contributed by atoms with Gasteiger partial charge in [0.05, 0.1) is 6.54 Å². The first-order chi connectivity index (χ1) is 13.4. The van der Waals surface area contributed by atoms with Crippen LogP contribution in [0.4, 0.5) is 0 Å². The highest BCUT2D eigenvalue weighted by Gasteiger charge is 2.26. The molecule has 4 nitrogen and oxygen atoms in total. The third-order valence-corrected chi connectivity index (χ3v) is 6.71. The maximum atomic E-state index is 12.7. The number of hydrogen-bond acceptors (Lipinski definition) is 3. The summed E-state index contributed by atoms with van der Waals surface area (Å²) in [7, 11) is 0. The van der Waals surface area contributed by atoms with Gasteiger partial charge in [-0.1, -0.05) is 52.0 Å². The van der Waals surface area contributed by atoms with Gasteiger partial charge in [0, 0.05) is 45.8 Å². The van der Waals surface area contributed by atoms with Crippen LogP contribution in [-0.4, -0.2) is 66.4 Å². The van der Waals surface area contributed by atoms with E-state index >= 15 is 0 Å². The van der Waals surface area contributed by atoms with E-state index in [1.807, 2.05) is 0 Å². The topological polar surface area (TPSA) is 26.8 Å². The Hall–Kier alpha value is -1.39. The monoisotopic (exact) mass is 385 g/mol. The zero-order valence-corrected chi connectivity index (χ0v) is 18.4. The maximum absolute atomic E-state index is 12.7. The predicted molar refractivity (Wildman–Crippen MR) is 116 cm³/mol. The van der Waals surface area contributed by atoms with Crippen molar-refractivity contribution in [2.75, 3.05) is 45.8 Å². The Morgan fingerprint density at radius 2 is 1.46 bits per heavy atom. The van der Waals surface area contributed by atoms with E-state index in [9.17, 15) is 4.79 Å². The van der Waals surface area contributed by atoms with Crippen molar-refractivity contribution in [2.45, 2.75) is 53.0 Å². The summed E-state index contributed by atoms with van der Waals surface area (Å²) in [6, 6.07) is 9.06. The molecular weight excluding hydrogens is 346 g/mol. The Balaban J connectivity index is 1.38. The summed E-state index contributed by atoms with van der Waals surface area (Å²) in [4.78, 5) is 19.6. The maximum Gasteiger partial charge on any atom is 0.236 e. The lowest BCUT2D eigenvalue weighted by atomic mass is 9.87. The quantitative estimate of drug-likeness (QED) is 0.745. The Kier molecular flexibility index (Phi) is 7.53. The zero-order valence-electron chi connectivity index (χ0n) is 18.4. The molecule has 0 spiro atoms. The van der Waals surface area contributed by atoms with Gasteiger partial charge in [-0.15, -0.1) is 0 Å². The molecule has 156 valence electrons. The summed E-state index contributed by atoms with van der Waals surface area (Å²) in [6.07, 6.45) is 2.35. The third-order valence-electron chi connectivity index (χ3n) is 6.71. The van der Waals surface area contributed by atoms with Crippen molar-refractivity contribution < 1.29 is 4.79 Å². The van der Waals surface area contributed by atoms with E-state index in [0.29, 0.717) is 18.4 Å². The summed E-state index contributed by atoms with van der Waals surface area (Å²) in [5, 5.41) is 0.